The Labute approximate surface area is 165 Å². The lowest BCUT2D eigenvalue weighted by Crippen LogP contribution is -2.09. The maximum Gasteiger partial charge on any atom is 0.256 e. The molecule has 0 atom stereocenters. The first-order chi connectivity index (χ1) is 13.9. The highest BCUT2D eigenvalue weighted by Gasteiger charge is 2.19. The zero-order chi connectivity index (χ0) is 20.5. The van der Waals surface area contributed by atoms with E-state index in [1.807, 2.05) is 19.1 Å². The molecule has 0 saturated carbocycles. The second-order valence-electron chi connectivity index (χ2n) is 6.62. The number of hydrogen-bond donors (Lipinski definition) is 1. The Hall–Kier alpha value is -3.62. The van der Waals surface area contributed by atoms with Crippen molar-refractivity contribution >= 4 is 17.4 Å². The topological polar surface area (TPSA) is 77.1 Å². The number of fused-ring (bicyclic) bond motifs is 1. The van der Waals surface area contributed by atoms with Gasteiger partial charge in [0.2, 0.25) is 5.91 Å². The molecular formula is C20H18F2N6O. The lowest BCUT2D eigenvalue weighted by Gasteiger charge is -2.11. The molecule has 4 aromatic rings. The van der Waals surface area contributed by atoms with Crippen LogP contribution in [0.15, 0.2) is 49.1 Å². The third-order valence-corrected chi connectivity index (χ3v) is 4.39. The number of amides is 1. The summed E-state index contributed by atoms with van der Waals surface area (Å²) in [6, 6.07) is 9.05. The smallest absolute Gasteiger partial charge is 0.256 e. The van der Waals surface area contributed by atoms with E-state index in [0.717, 1.165) is 5.69 Å². The summed E-state index contributed by atoms with van der Waals surface area (Å²) in [6.07, 6.45) is 2.15. The standard InChI is InChI=1S/C20H18F2N6O/c1-12-4-3-5-15(25-12)19-20(27(11-24-19)10-16(21)22)14-6-7-17-23-8-18(26-13(2)29)28(17)9-14/h3-9,11,16H,10H2,1-2H3,(H,26,29). The van der Waals surface area contributed by atoms with Crippen LogP contribution in [0.2, 0.25) is 0 Å². The fourth-order valence-electron chi connectivity index (χ4n) is 3.23. The van der Waals surface area contributed by atoms with Crippen molar-refractivity contribution < 1.29 is 13.6 Å². The molecule has 0 aromatic carbocycles. The van der Waals surface area contributed by atoms with Crippen LogP contribution in [-0.4, -0.2) is 36.3 Å². The molecule has 4 aromatic heterocycles. The molecule has 7 nitrogen and oxygen atoms in total. The van der Waals surface area contributed by atoms with E-state index in [-0.39, 0.29) is 5.91 Å². The number of carbonyl (C=O) groups excluding carboxylic acids is 1. The average Bonchev–Trinajstić information content (AvgIpc) is 3.25. The van der Waals surface area contributed by atoms with Gasteiger partial charge in [-0.15, -0.1) is 0 Å². The minimum Gasteiger partial charge on any atom is -0.324 e. The highest BCUT2D eigenvalue weighted by Crippen LogP contribution is 2.31. The summed E-state index contributed by atoms with van der Waals surface area (Å²) < 4.78 is 29.5. The van der Waals surface area contributed by atoms with Crippen LogP contribution in [0.1, 0.15) is 12.6 Å². The molecule has 0 fully saturated rings. The van der Waals surface area contributed by atoms with Gasteiger partial charge >= 0.3 is 0 Å². The minimum absolute atomic E-state index is 0.232. The molecule has 29 heavy (non-hydrogen) atoms. The molecular weight excluding hydrogens is 378 g/mol. The second kappa shape index (κ2) is 7.42. The Balaban J connectivity index is 1.90. The number of aryl methyl sites for hydroxylation is 1. The number of pyridine rings is 2. The van der Waals surface area contributed by atoms with E-state index in [1.54, 1.807) is 35.0 Å². The van der Waals surface area contributed by atoms with Crippen LogP contribution >= 0.6 is 0 Å². The van der Waals surface area contributed by atoms with Crippen LogP contribution in [0.3, 0.4) is 0 Å². The lowest BCUT2D eigenvalue weighted by atomic mass is 10.1. The summed E-state index contributed by atoms with van der Waals surface area (Å²) in [6.45, 7) is 2.77. The van der Waals surface area contributed by atoms with Gasteiger partial charge in [0.25, 0.3) is 6.43 Å². The quantitative estimate of drug-likeness (QED) is 0.557. The number of aromatic nitrogens is 5. The number of anilines is 1. The van der Waals surface area contributed by atoms with Crippen molar-refractivity contribution in [3.05, 3.63) is 54.7 Å². The highest BCUT2D eigenvalue weighted by atomic mass is 19.3. The van der Waals surface area contributed by atoms with Crippen molar-refractivity contribution in [1.82, 2.24) is 23.9 Å². The largest absolute Gasteiger partial charge is 0.324 e. The number of nitrogens with zero attached hydrogens (tertiary/aromatic N) is 5. The first-order valence-corrected chi connectivity index (χ1v) is 8.95. The van der Waals surface area contributed by atoms with E-state index in [2.05, 4.69) is 20.3 Å². The molecule has 0 radical (unpaired) electrons. The highest BCUT2D eigenvalue weighted by molar-refractivity contribution is 5.88. The van der Waals surface area contributed by atoms with Crippen LogP contribution in [0.5, 0.6) is 0 Å². The maximum absolute atomic E-state index is 13.2. The number of alkyl halides is 2. The van der Waals surface area contributed by atoms with Gasteiger partial charge in [0.1, 0.15) is 17.2 Å². The number of hydrogen-bond acceptors (Lipinski definition) is 4. The molecule has 0 aliphatic carbocycles. The van der Waals surface area contributed by atoms with Crippen molar-refractivity contribution in [2.24, 2.45) is 0 Å². The number of rotatable bonds is 5. The van der Waals surface area contributed by atoms with Gasteiger partial charge in [0.05, 0.1) is 30.5 Å². The van der Waals surface area contributed by atoms with Gasteiger partial charge in [0.15, 0.2) is 0 Å². The summed E-state index contributed by atoms with van der Waals surface area (Å²) in [4.78, 5) is 24.6. The number of carbonyl (C=O) groups is 1. The summed E-state index contributed by atoms with van der Waals surface area (Å²) in [5.41, 5.74) is 3.70. The van der Waals surface area contributed by atoms with Gasteiger partial charge < -0.3 is 9.88 Å². The van der Waals surface area contributed by atoms with Crippen LogP contribution in [0.25, 0.3) is 28.3 Å². The van der Waals surface area contributed by atoms with Crippen LogP contribution in [0.4, 0.5) is 14.6 Å². The normalized spacial score (nSPS) is 11.3. The number of imidazole rings is 2. The third-order valence-electron chi connectivity index (χ3n) is 4.39. The molecule has 0 aliphatic heterocycles. The monoisotopic (exact) mass is 396 g/mol. The summed E-state index contributed by atoms with van der Waals surface area (Å²) in [5.74, 6) is 0.258. The molecule has 148 valence electrons. The zero-order valence-electron chi connectivity index (χ0n) is 15.8. The van der Waals surface area contributed by atoms with E-state index >= 15 is 0 Å². The predicted molar refractivity (Wildman–Crippen MR) is 105 cm³/mol. The van der Waals surface area contributed by atoms with E-state index in [1.165, 1.54) is 17.8 Å². The average molecular weight is 396 g/mol. The minimum atomic E-state index is -2.53. The Morgan fingerprint density at radius 1 is 1.21 bits per heavy atom. The molecule has 4 rings (SSSR count). The Bertz CT molecular complexity index is 1200. The molecule has 0 spiro atoms. The Morgan fingerprint density at radius 3 is 2.76 bits per heavy atom. The molecule has 0 unspecified atom stereocenters. The molecule has 0 saturated heterocycles. The number of nitrogens with one attached hydrogen (secondary N) is 1. The van der Waals surface area contributed by atoms with Gasteiger partial charge in [-0.3, -0.25) is 14.2 Å². The summed E-state index contributed by atoms with van der Waals surface area (Å²) in [7, 11) is 0. The third kappa shape index (κ3) is 3.71. The molecule has 1 amide bonds. The van der Waals surface area contributed by atoms with Gasteiger partial charge in [-0.2, -0.15) is 0 Å². The zero-order valence-corrected chi connectivity index (χ0v) is 15.8. The van der Waals surface area contributed by atoms with Crippen LogP contribution in [-0.2, 0) is 11.3 Å². The molecule has 4 heterocycles. The van der Waals surface area contributed by atoms with Crippen LogP contribution in [0, 0.1) is 6.92 Å². The lowest BCUT2D eigenvalue weighted by molar-refractivity contribution is -0.114. The van der Waals surface area contributed by atoms with Gasteiger partial charge in [-0.25, -0.2) is 18.7 Å². The van der Waals surface area contributed by atoms with E-state index in [9.17, 15) is 13.6 Å². The Kier molecular flexibility index (Phi) is 4.79. The SMILES string of the molecule is CC(=O)Nc1cnc2ccc(-c3c(-c4cccc(C)n4)ncn3CC(F)F)cn12. The molecule has 0 bridgehead atoms. The van der Waals surface area contributed by atoms with Crippen molar-refractivity contribution in [1.29, 1.82) is 0 Å². The number of halogens is 2. The molecule has 0 aliphatic rings. The van der Waals surface area contributed by atoms with E-state index < -0.39 is 13.0 Å². The molecule has 9 heteroatoms. The Morgan fingerprint density at radius 2 is 2.03 bits per heavy atom. The van der Waals surface area contributed by atoms with Gasteiger partial charge in [-0.05, 0) is 31.2 Å². The summed E-state index contributed by atoms with van der Waals surface area (Å²) >= 11 is 0. The molecule has 1 N–H and O–H groups in total. The predicted octanol–water partition coefficient (Wildman–Crippen LogP) is 3.79. The van der Waals surface area contributed by atoms with Gasteiger partial charge in [-0.1, -0.05) is 6.07 Å². The van der Waals surface area contributed by atoms with E-state index in [4.69, 9.17) is 0 Å². The maximum atomic E-state index is 13.2. The van der Waals surface area contributed by atoms with Gasteiger partial charge in [0, 0.05) is 24.4 Å². The van der Waals surface area contributed by atoms with Crippen LogP contribution < -0.4 is 5.32 Å². The fourth-order valence-corrected chi connectivity index (χ4v) is 3.23. The fraction of sp³-hybridized carbons (Fsp3) is 0.200. The second-order valence-corrected chi connectivity index (χ2v) is 6.62. The van der Waals surface area contributed by atoms with Crippen molar-refractivity contribution in [2.45, 2.75) is 26.8 Å². The van der Waals surface area contributed by atoms with Crippen molar-refractivity contribution in [3.8, 4) is 22.6 Å². The van der Waals surface area contributed by atoms with Crippen molar-refractivity contribution in [2.75, 3.05) is 5.32 Å². The van der Waals surface area contributed by atoms with Crippen molar-refractivity contribution in [3.63, 3.8) is 0 Å². The first-order valence-electron chi connectivity index (χ1n) is 8.95. The van der Waals surface area contributed by atoms with E-state index in [0.29, 0.717) is 34.1 Å². The summed E-state index contributed by atoms with van der Waals surface area (Å²) in [5, 5.41) is 2.71. The first kappa shape index (κ1) is 18.7.